The molecule has 0 aliphatic carbocycles. The second-order valence-electron chi connectivity index (χ2n) is 5.78. The summed E-state index contributed by atoms with van der Waals surface area (Å²) in [7, 11) is 1.47. The van der Waals surface area contributed by atoms with Crippen LogP contribution in [0, 0.1) is 6.92 Å². The van der Waals surface area contributed by atoms with Crippen molar-refractivity contribution in [2.24, 2.45) is 0 Å². The number of alkyl halides is 3. The van der Waals surface area contributed by atoms with Gasteiger partial charge in [0, 0.05) is 11.3 Å². The van der Waals surface area contributed by atoms with E-state index in [-0.39, 0.29) is 12.1 Å². The van der Waals surface area contributed by atoms with Gasteiger partial charge in [0.15, 0.2) is 6.61 Å². The van der Waals surface area contributed by atoms with Gasteiger partial charge in [-0.25, -0.2) is 0 Å². The third-order valence-corrected chi connectivity index (χ3v) is 3.61. The van der Waals surface area contributed by atoms with E-state index in [1.165, 1.54) is 19.2 Å². The molecule has 0 saturated heterocycles. The molecule has 27 heavy (non-hydrogen) atoms. The summed E-state index contributed by atoms with van der Waals surface area (Å²) >= 11 is 0. The molecule has 1 N–H and O–H groups in total. The molecule has 0 aliphatic heterocycles. The third-order valence-electron chi connectivity index (χ3n) is 3.61. The van der Waals surface area contributed by atoms with Crippen LogP contribution < -0.4 is 10.1 Å². The number of benzene rings is 2. The standard InChI is InChI=1S/C19H18F3NO4/c1-12-6-7-16(26-2)13(8-12)9-18(25)27-11-17(24)23-15-5-3-4-14(10-15)19(20,21)22/h3-8,10H,9,11H2,1-2H3,(H,23,24). The topological polar surface area (TPSA) is 64.6 Å². The molecule has 0 heterocycles. The number of esters is 1. The first-order valence-corrected chi connectivity index (χ1v) is 7.95. The van der Waals surface area contributed by atoms with Crippen LogP contribution in [0.15, 0.2) is 42.5 Å². The van der Waals surface area contributed by atoms with Gasteiger partial charge in [-0.15, -0.1) is 0 Å². The van der Waals surface area contributed by atoms with Crippen LogP contribution in [-0.2, 0) is 26.9 Å². The lowest BCUT2D eigenvalue weighted by Crippen LogP contribution is -2.22. The van der Waals surface area contributed by atoms with E-state index in [2.05, 4.69) is 5.32 Å². The molecule has 5 nitrogen and oxygen atoms in total. The summed E-state index contributed by atoms with van der Waals surface area (Å²) in [4.78, 5) is 23.7. The van der Waals surface area contributed by atoms with E-state index in [1.54, 1.807) is 12.1 Å². The number of carbonyl (C=O) groups is 2. The molecule has 0 saturated carbocycles. The number of hydrogen-bond donors (Lipinski definition) is 1. The maximum Gasteiger partial charge on any atom is 0.416 e. The highest BCUT2D eigenvalue weighted by atomic mass is 19.4. The Morgan fingerprint density at radius 2 is 1.85 bits per heavy atom. The molecule has 0 bridgehead atoms. The molecule has 0 aliphatic rings. The van der Waals surface area contributed by atoms with Crippen LogP contribution >= 0.6 is 0 Å². The van der Waals surface area contributed by atoms with Crippen LogP contribution in [-0.4, -0.2) is 25.6 Å². The highest BCUT2D eigenvalue weighted by Gasteiger charge is 2.30. The first kappa shape index (κ1) is 20.3. The summed E-state index contributed by atoms with van der Waals surface area (Å²) in [5.41, 5.74) is 0.622. The van der Waals surface area contributed by atoms with Gasteiger partial charge in [0.1, 0.15) is 5.75 Å². The van der Waals surface area contributed by atoms with Crippen LogP contribution in [0.3, 0.4) is 0 Å². The van der Waals surface area contributed by atoms with Crippen molar-refractivity contribution < 1.29 is 32.2 Å². The molecule has 2 aromatic rings. The average Bonchev–Trinajstić information content (AvgIpc) is 2.60. The zero-order chi connectivity index (χ0) is 20.0. The molecular weight excluding hydrogens is 363 g/mol. The van der Waals surface area contributed by atoms with E-state index in [1.807, 2.05) is 13.0 Å². The van der Waals surface area contributed by atoms with Crippen molar-refractivity contribution in [2.75, 3.05) is 19.0 Å². The Labute approximate surface area is 154 Å². The number of nitrogens with one attached hydrogen (secondary N) is 1. The highest BCUT2D eigenvalue weighted by Crippen LogP contribution is 2.30. The minimum absolute atomic E-state index is 0.0359. The molecule has 1 amide bonds. The Morgan fingerprint density at radius 1 is 1.11 bits per heavy atom. The fraction of sp³-hybridized carbons (Fsp3) is 0.263. The Bertz CT molecular complexity index is 834. The maximum absolute atomic E-state index is 12.7. The quantitative estimate of drug-likeness (QED) is 0.774. The molecule has 2 aromatic carbocycles. The lowest BCUT2D eigenvalue weighted by molar-refractivity contribution is -0.146. The normalized spacial score (nSPS) is 11.0. The fourth-order valence-corrected chi connectivity index (χ4v) is 2.37. The Morgan fingerprint density at radius 3 is 2.52 bits per heavy atom. The summed E-state index contributed by atoms with van der Waals surface area (Å²) < 4.78 is 48.0. The lowest BCUT2D eigenvalue weighted by Gasteiger charge is -2.11. The van der Waals surface area contributed by atoms with Crippen LogP contribution in [0.4, 0.5) is 18.9 Å². The first-order valence-electron chi connectivity index (χ1n) is 7.95. The van der Waals surface area contributed by atoms with Crippen molar-refractivity contribution in [1.29, 1.82) is 0 Å². The maximum atomic E-state index is 12.7. The van der Waals surface area contributed by atoms with E-state index in [4.69, 9.17) is 9.47 Å². The van der Waals surface area contributed by atoms with E-state index < -0.39 is 30.2 Å². The number of rotatable bonds is 6. The van der Waals surface area contributed by atoms with Gasteiger partial charge >= 0.3 is 12.1 Å². The largest absolute Gasteiger partial charge is 0.496 e. The summed E-state index contributed by atoms with van der Waals surface area (Å²) in [5.74, 6) is -0.872. The zero-order valence-corrected chi connectivity index (χ0v) is 14.7. The molecule has 144 valence electrons. The highest BCUT2D eigenvalue weighted by molar-refractivity contribution is 5.93. The van der Waals surface area contributed by atoms with Crippen molar-refractivity contribution in [3.63, 3.8) is 0 Å². The molecule has 0 radical (unpaired) electrons. The number of methoxy groups -OCH3 is 1. The Hall–Kier alpha value is -3.03. The summed E-state index contributed by atoms with van der Waals surface area (Å²) in [5, 5.41) is 2.26. The third kappa shape index (κ3) is 6.02. The van der Waals surface area contributed by atoms with Gasteiger partial charge in [0.2, 0.25) is 0 Å². The molecule has 0 atom stereocenters. The van der Waals surface area contributed by atoms with Crippen LogP contribution in [0.5, 0.6) is 5.75 Å². The number of aryl methyl sites for hydroxylation is 1. The molecule has 8 heteroatoms. The van der Waals surface area contributed by atoms with E-state index in [0.717, 1.165) is 17.7 Å². The predicted molar refractivity (Wildman–Crippen MR) is 92.5 cm³/mol. The summed E-state index contributed by atoms with van der Waals surface area (Å²) in [6.45, 7) is 1.25. The number of halogens is 3. The summed E-state index contributed by atoms with van der Waals surface area (Å²) in [6.07, 6.45) is -4.61. The van der Waals surface area contributed by atoms with Crippen LogP contribution in [0.1, 0.15) is 16.7 Å². The number of carbonyl (C=O) groups excluding carboxylic acids is 2. The van der Waals surface area contributed by atoms with E-state index in [9.17, 15) is 22.8 Å². The van der Waals surface area contributed by atoms with E-state index >= 15 is 0 Å². The minimum atomic E-state index is -4.51. The fourth-order valence-electron chi connectivity index (χ4n) is 2.37. The Kier molecular flexibility index (Phi) is 6.44. The zero-order valence-electron chi connectivity index (χ0n) is 14.7. The summed E-state index contributed by atoms with van der Waals surface area (Å²) in [6, 6.07) is 9.50. The minimum Gasteiger partial charge on any atom is -0.496 e. The van der Waals surface area contributed by atoms with Gasteiger partial charge in [-0.3, -0.25) is 9.59 Å². The van der Waals surface area contributed by atoms with Crippen molar-refractivity contribution in [2.45, 2.75) is 19.5 Å². The van der Waals surface area contributed by atoms with Crippen LogP contribution in [0.25, 0.3) is 0 Å². The lowest BCUT2D eigenvalue weighted by atomic mass is 10.1. The van der Waals surface area contributed by atoms with E-state index in [0.29, 0.717) is 11.3 Å². The van der Waals surface area contributed by atoms with Crippen molar-refractivity contribution in [3.05, 3.63) is 59.2 Å². The second-order valence-corrected chi connectivity index (χ2v) is 5.78. The smallest absolute Gasteiger partial charge is 0.416 e. The number of anilines is 1. The second kappa shape index (κ2) is 8.57. The average molecular weight is 381 g/mol. The first-order chi connectivity index (χ1) is 12.7. The van der Waals surface area contributed by atoms with Gasteiger partial charge in [0.25, 0.3) is 5.91 Å². The van der Waals surface area contributed by atoms with Gasteiger partial charge in [-0.2, -0.15) is 13.2 Å². The van der Waals surface area contributed by atoms with Crippen molar-refractivity contribution in [3.8, 4) is 5.75 Å². The Balaban J connectivity index is 1.90. The van der Waals surface area contributed by atoms with Gasteiger partial charge in [0.05, 0.1) is 19.1 Å². The monoisotopic (exact) mass is 381 g/mol. The van der Waals surface area contributed by atoms with Gasteiger partial charge in [-0.1, -0.05) is 23.8 Å². The van der Waals surface area contributed by atoms with Gasteiger partial charge in [-0.05, 0) is 31.2 Å². The molecule has 0 spiro atoms. The van der Waals surface area contributed by atoms with Crippen LogP contribution in [0.2, 0.25) is 0 Å². The molecule has 2 rings (SSSR count). The molecule has 0 unspecified atom stereocenters. The predicted octanol–water partition coefficient (Wildman–Crippen LogP) is 3.75. The molecular formula is C19H18F3NO4. The molecule has 0 fully saturated rings. The van der Waals surface area contributed by atoms with Gasteiger partial charge < -0.3 is 14.8 Å². The molecule has 0 aromatic heterocycles. The van der Waals surface area contributed by atoms with Crippen molar-refractivity contribution in [1.82, 2.24) is 0 Å². The number of hydrogen-bond acceptors (Lipinski definition) is 4. The number of ether oxygens (including phenoxy) is 2. The van der Waals surface area contributed by atoms with Crippen molar-refractivity contribution >= 4 is 17.6 Å². The number of amides is 1. The SMILES string of the molecule is COc1ccc(C)cc1CC(=O)OCC(=O)Nc1cccc(C(F)(F)F)c1.